The Hall–Kier alpha value is -1.48. The third-order valence-corrected chi connectivity index (χ3v) is 2.39. The van der Waals surface area contributed by atoms with E-state index in [1.165, 1.54) is 0 Å². The molecule has 1 aromatic rings. The Morgan fingerprint density at radius 1 is 1.27 bits per heavy atom. The van der Waals surface area contributed by atoms with Crippen LogP contribution in [0.3, 0.4) is 0 Å². The molecule has 4 heteroatoms. The Morgan fingerprint density at radius 3 is 2.40 bits per heavy atom. The summed E-state index contributed by atoms with van der Waals surface area (Å²) >= 11 is 5.84. The van der Waals surface area contributed by atoms with Gasteiger partial charge in [-0.1, -0.05) is 29.8 Å². The van der Waals surface area contributed by atoms with Crippen LogP contribution in [0.1, 0.15) is 6.92 Å². The predicted molar refractivity (Wildman–Crippen MR) is 62.7 cm³/mol. The first-order chi connectivity index (χ1) is 7.15. The minimum Gasteiger partial charge on any atom is -0.390 e. The van der Waals surface area contributed by atoms with Gasteiger partial charge >= 0.3 is 0 Å². The number of hydrogen-bond acceptors (Lipinski definition) is 2. The van der Waals surface area contributed by atoms with Crippen LogP contribution in [0.25, 0.3) is 0 Å². The molecule has 0 aromatic heterocycles. The van der Waals surface area contributed by atoms with Crippen LogP contribution in [-0.4, -0.2) is 13.0 Å². The van der Waals surface area contributed by atoms with Crippen molar-refractivity contribution in [1.82, 2.24) is 5.32 Å². The van der Waals surface area contributed by atoms with Crippen LogP contribution in [-0.2, 0) is 4.79 Å². The quantitative estimate of drug-likeness (QED) is 0.774. The molecule has 0 saturated carbocycles. The fraction of sp³-hybridized carbons (Fsp3) is 0.182. The van der Waals surface area contributed by atoms with Crippen molar-refractivity contribution >= 4 is 23.2 Å². The van der Waals surface area contributed by atoms with E-state index >= 15 is 0 Å². The van der Waals surface area contributed by atoms with E-state index in [0.717, 1.165) is 5.69 Å². The lowest BCUT2D eigenvalue weighted by Crippen LogP contribution is -2.16. The van der Waals surface area contributed by atoms with E-state index in [1.807, 2.05) is 18.2 Å². The minimum absolute atomic E-state index is 0.168. The van der Waals surface area contributed by atoms with Crippen LogP contribution < -0.4 is 10.6 Å². The Morgan fingerprint density at radius 2 is 1.87 bits per heavy atom. The van der Waals surface area contributed by atoms with Gasteiger partial charge in [0.15, 0.2) is 0 Å². The third-order valence-electron chi connectivity index (χ3n) is 1.94. The van der Waals surface area contributed by atoms with Crippen LogP contribution in [0.15, 0.2) is 41.1 Å². The number of anilines is 1. The number of para-hydroxylation sites is 1. The van der Waals surface area contributed by atoms with Crippen LogP contribution in [0.5, 0.6) is 0 Å². The van der Waals surface area contributed by atoms with Gasteiger partial charge in [0.2, 0.25) is 0 Å². The summed E-state index contributed by atoms with van der Waals surface area (Å²) in [7, 11) is 1.72. The highest BCUT2D eigenvalue weighted by Gasteiger charge is 2.09. The molecule has 0 spiro atoms. The monoisotopic (exact) mass is 224 g/mol. The molecule has 0 bridgehead atoms. The number of carbonyl (C=O) groups excluding carboxylic acids is 1. The zero-order valence-corrected chi connectivity index (χ0v) is 9.43. The fourth-order valence-corrected chi connectivity index (χ4v) is 1.13. The maximum atomic E-state index is 11.6. The summed E-state index contributed by atoms with van der Waals surface area (Å²) in [6, 6.07) is 9.18. The summed E-state index contributed by atoms with van der Waals surface area (Å²) in [6.45, 7) is 1.74. The zero-order chi connectivity index (χ0) is 11.3. The van der Waals surface area contributed by atoms with Crippen LogP contribution in [0, 0.1) is 0 Å². The molecule has 0 unspecified atom stereocenters. The maximum absolute atomic E-state index is 11.6. The molecule has 1 amide bonds. The molecule has 0 radical (unpaired) electrons. The lowest BCUT2D eigenvalue weighted by atomic mass is 10.3. The number of benzene rings is 1. The number of rotatable bonds is 3. The summed E-state index contributed by atoms with van der Waals surface area (Å²) in [5, 5.41) is 5.67. The molecule has 0 saturated heterocycles. The van der Waals surface area contributed by atoms with Gasteiger partial charge in [0.25, 0.3) is 5.91 Å². The van der Waals surface area contributed by atoms with Crippen molar-refractivity contribution in [3.8, 4) is 0 Å². The van der Waals surface area contributed by atoms with E-state index in [9.17, 15) is 4.79 Å². The van der Waals surface area contributed by atoms with Crippen molar-refractivity contribution in [1.29, 1.82) is 0 Å². The van der Waals surface area contributed by atoms with Gasteiger partial charge in [-0.2, -0.15) is 0 Å². The Labute approximate surface area is 94.1 Å². The van der Waals surface area contributed by atoms with Crippen molar-refractivity contribution in [2.75, 3.05) is 12.4 Å². The fourth-order valence-electron chi connectivity index (χ4n) is 0.987. The van der Waals surface area contributed by atoms with Gasteiger partial charge in [-0.25, -0.2) is 0 Å². The van der Waals surface area contributed by atoms with E-state index in [1.54, 1.807) is 26.1 Å². The van der Waals surface area contributed by atoms with Crippen LogP contribution in [0.2, 0.25) is 0 Å². The first-order valence-electron chi connectivity index (χ1n) is 4.55. The van der Waals surface area contributed by atoms with Gasteiger partial charge in [-0.15, -0.1) is 0 Å². The van der Waals surface area contributed by atoms with Crippen LogP contribution in [0.4, 0.5) is 5.69 Å². The molecule has 0 aliphatic rings. The number of nitrogens with one attached hydrogen (secondary N) is 2. The topological polar surface area (TPSA) is 41.1 Å². The van der Waals surface area contributed by atoms with Gasteiger partial charge in [0, 0.05) is 18.4 Å². The van der Waals surface area contributed by atoms with Crippen molar-refractivity contribution < 1.29 is 4.79 Å². The number of hydrogen-bond donors (Lipinski definition) is 2. The molecule has 0 aliphatic carbocycles. The highest BCUT2D eigenvalue weighted by Crippen LogP contribution is 2.11. The Bertz CT molecular complexity index is 373. The minimum atomic E-state index is -0.310. The number of halogens is 1. The standard InChI is InChI=1S/C11H13ClN2O/c1-8(13-2)10(12)11(15)14-9-6-4-3-5-7-9/h3-7,13H,1-2H3,(H,14,15). The molecule has 2 N–H and O–H groups in total. The predicted octanol–water partition coefficient (Wildman–Crippen LogP) is 2.31. The molecular weight excluding hydrogens is 212 g/mol. The molecule has 0 heterocycles. The van der Waals surface area contributed by atoms with E-state index in [-0.39, 0.29) is 10.9 Å². The van der Waals surface area contributed by atoms with Gasteiger partial charge in [-0.3, -0.25) is 4.79 Å². The third kappa shape index (κ3) is 3.29. The van der Waals surface area contributed by atoms with Gasteiger partial charge in [-0.05, 0) is 19.1 Å². The first kappa shape index (κ1) is 11.6. The lowest BCUT2D eigenvalue weighted by molar-refractivity contribution is -0.112. The highest BCUT2D eigenvalue weighted by molar-refractivity contribution is 6.44. The summed E-state index contributed by atoms with van der Waals surface area (Å²) in [5.41, 5.74) is 1.37. The van der Waals surface area contributed by atoms with Crippen molar-refractivity contribution in [3.63, 3.8) is 0 Å². The number of amides is 1. The zero-order valence-electron chi connectivity index (χ0n) is 8.67. The largest absolute Gasteiger partial charge is 0.390 e. The van der Waals surface area contributed by atoms with Gasteiger partial charge in [0.05, 0.1) is 0 Å². The molecular formula is C11H13ClN2O. The highest BCUT2D eigenvalue weighted by atomic mass is 35.5. The normalized spacial score (nSPS) is 11.7. The molecule has 0 aliphatic heterocycles. The lowest BCUT2D eigenvalue weighted by Gasteiger charge is -2.06. The van der Waals surface area contributed by atoms with E-state index in [2.05, 4.69) is 10.6 Å². The van der Waals surface area contributed by atoms with E-state index in [4.69, 9.17) is 11.6 Å². The summed E-state index contributed by atoms with van der Waals surface area (Å²) < 4.78 is 0. The average Bonchev–Trinajstić information content (AvgIpc) is 2.28. The smallest absolute Gasteiger partial charge is 0.268 e. The van der Waals surface area contributed by atoms with Crippen LogP contribution >= 0.6 is 11.6 Å². The van der Waals surface area contributed by atoms with E-state index in [0.29, 0.717) is 5.70 Å². The molecule has 1 rings (SSSR count). The van der Waals surface area contributed by atoms with E-state index < -0.39 is 0 Å². The molecule has 0 fully saturated rings. The van der Waals surface area contributed by atoms with Crippen molar-refractivity contribution in [2.45, 2.75) is 6.92 Å². The molecule has 3 nitrogen and oxygen atoms in total. The number of allylic oxidation sites excluding steroid dienone is 1. The summed E-state index contributed by atoms with van der Waals surface area (Å²) in [4.78, 5) is 11.6. The second-order valence-corrected chi connectivity index (χ2v) is 3.39. The second kappa shape index (κ2) is 5.41. The van der Waals surface area contributed by atoms with Crippen molar-refractivity contribution in [2.24, 2.45) is 0 Å². The first-order valence-corrected chi connectivity index (χ1v) is 4.93. The Kier molecular flexibility index (Phi) is 4.18. The number of carbonyl (C=O) groups is 1. The Balaban J connectivity index is 2.73. The molecule has 15 heavy (non-hydrogen) atoms. The molecule has 80 valence electrons. The van der Waals surface area contributed by atoms with Crippen molar-refractivity contribution in [3.05, 3.63) is 41.1 Å². The van der Waals surface area contributed by atoms with Gasteiger partial charge in [0.1, 0.15) is 5.03 Å². The molecule has 1 aromatic carbocycles. The molecule has 0 atom stereocenters. The van der Waals surface area contributed by atoms with Gasteiger partial charge < -0.3 is 10.6 Å². The summed E-state index contributed by atoms with van der Waals surface area (Å²) in [6.07, 6.45) is 0. The maximum Gasteiger partial charge on any atom is 0.268 e. The SMILES string of the molecule is CNC(C)=C(Cl)C(=O)Nc1ccccc1. The average molecular weight is 225 g/mol. The second-order valence-electron chi connectivity index (χ2n) is 3.01. The summed E-state index contributed by atoms with van der Waals surface area (Å²) in [5.74, 6) is -0.310.